The number of amides is 1. The lowest BCUT2D eigenvalue weighted by atomic mass is 9.79. The van der Waals surface area contributed by atoms with Crippen LogP contribution >= 0.6 is 0 Å². The van der Waals surface area contributed by atoms with Crippen LogP contribution in [0.2, 0.25) is 0 Å². The average Bonchev–Trinajstić information content (AvgIpc) is 2.96. The van der Waals surface area contributed by atoms with E-state index >= 15 is 0 Å². The molecule has 0 saturated heterocycles. The second kappa shape index (κ2) is 4.48. The van der Waals surface area contributed by atoms with Gasteiger partial charge in [0.1, 0.15) is 6.61 Å². The van der Waals surface area contributed by atoms with Crippen molar-refractivity contribution in [3.8, 4) is 0 Å². The third-order valence-corrected chi connectivity index (χ3v) is 5.06. The summed E-state index contributed by atoms with van der Waals surface area (Å²) in [5.41, 5.74) is 0. The first-order valence-corrected chi connectivity index (χ1v) is 6.83. The molecule has 2 bridgehead atoms. The molecule has 4 nitrogen and oxygen atoms in total. The molecule has 0 radical (unpaired) electrons. The van der Waals surface area contributed by atoms with Crippen molar-refractivity contribution in [1.82, 2.24) is 5.32 Å². The molecule has 0 aliphatic heterocycles. The van der Waals surface area contributed by atoms with Crippen molar-refractivity contribution in [3.63, 3.8) is 0 Å². The Morgan fingerprint density at radius 3 is 2.88 bits per heavy atom. The number of hydrogen-bond acceptors (Lipinski definition) is 3. The van der Waals surface area contributed by atoms with Crippen LogP contribution in [0.5, 0.6) is 0 Å². The first-order chi connectivity index (χ1) is 8.29. The second-order valence-corrected chi connectivity index (χ2v) is 5.76. The van der Waals surface area contributed by atoms with Crippen molar-refractivity contribution < 1.29 is 14.6 Å². The maximum atomic E-state index is 11.5. The van der Waals surface area contributed by atoms with Crippen molar-refractivity contribution in [1.29, 1.82) is 0 Å². The lowest BCUT2D eigenvalue weighted by molar-refractivity contribution is 0.108. The first-order valence-electron chi connectivity index (χ1n) is 6.83. The van der Waals surface area contributed by atoms with E-state index in [1.54, 1.807) is 0 Å². The van der Waals surface area contributed by atoms with Crippen LogP contribution < -0.4 is 5.32 Å². The van der Waals surface area contributed by atoms with Crippen molar-refractivity contribution >= 4 is 6.09 Å². The van der Waals surface area contributed by atoms with Crippen molar-refractivity contribution in [2.45, 2.75) is 38.1 Å². The highest BCUT2D eigenvalue weighted by atomic mass is 16.6. The Balaban J connectivity index is 1.55. The molecule has 1 amide bonds. The lowest BCUT2D eigenvalue weighted by Crippen LogP contribution is -2.42. The summed E-state index contributed by atoms with van der Waals surface area (Å²) < 4.78 is 4.87. The van der Waals surface area contributed by atoms with Crippen LogP contribution in [0.3, 0.4) is 0 Å². The van der Waals surface area contributed by atoms with E-state index < -0.39 is 0 Å². The van der Waals surface area contributed by atoms with Gasteiger partial charge in [0.05, 0.1) is 6.61 Å². The van der Waals surface area contributed by atoms with E-state index in [4.69, 9.17) is 9.84 Å². The van der Waals surface area contributed by atoms with Gasteiger partial charge in [0.15, 0.2) is 0 Å². The molecule has 3 aliphatic rings. The van der Waals surface area contributed by atoms with Crippen LogP contribution in [0.4, 0.5) is 4.79 Å². The summed E-state index contributed by atoms with van der Waals surface area (Å²) in [5.74, 6) is 3.34. The van der Waals surface area contributed by atoms with Gasteiger partial charge in [0.2, 0.25) is 0 Å². The molecule has 3 fully saturated rings. The number of aliphatic hydroxyl groups is 1. The van der Waals surface area contributed by atoms with E-state index in [1.165, 1.54) is 25.7 Å². The average molecular weight is 239 g/mol. The number of alkyl carbamates (subject to hydrolysis) is 1. The Hall–Kier alpha value is -0.770. The van der Waals surface area contributed by atoms with E-state index in [9.17, 15) is 4.79 Å². The molecule has 0 spiro atoms. The molecular weight excluding hydrogens is 218 g/mol. The summed E-state index contributed by atoms with van der Waals surface area (Å²) in [6.07, 6.45) is 6.24. The zero-order valence-corrected chi connectivity index (χ0v) is 10.1. The van der Waals surface area contributed by atoms with Crippen LogP contribution in [-0.2, 0) is 4.74 Å². The molecule has 3 rings (SSSR count). The van der Waals surface area contributed by atoms with Gasteiger partial charge in [-0.2, -0.15) is 0 Å². The smallest absolute Gasteiger partial charge is 0.407 e. The molecule has 3 aliphatic carbocycles. The Morgan fingerprint density at radius 2 is 2.06 bits per heavy atom. The number of hydrogen-bond donors (Lipinski definition) is 2. The number of nitrogens with one attached hydrogen (secondary N) is 1. The van der Waals surface area contributed by atoms with Crippen molar-refractivity contribution in [2.24, 2.45) is 23.7 Å². The SMILES string of the molecule is O=C(NC1CC2CC1C1CCCC21)OCCO. The van der Waals surface area contributed by atoms with Crippen LogP contribution in [0, 0.1) is 23.7 Å². The molecule has 5 unspecified atom stereocenters. The van der Waals surface area contributed by atoms with Crippen molar-refractivity contribution in [3.05, 3.63) is 0 Å². The lowest BCUT2D eigenvalue weighted by Gasteiger charge is -2.31. The minimum atomic E-state index is -0.355. The molecule has 5 atom stereocenters. The number of ether oxygens (including phenoxy) is 1. The number of carbonyl (C=O) groups is 1. The summed E-state index contributed by atoms with van der Waals surface area (Å²) in [6, 6.07) is 0.325. The van der Waals surface area contributed by atoms with Crippen LogP contribution in [0.1, 0.15) is 32.1 Å². The topological polar surface area (TPSA) is 58.6 Å². The third-order valence-electron chi connectivity index (χ3n) is 5.06. The first kappa shape index (κ1) is 11.3. The minimum Gasteiger partial charge on any atom is -0.447 e. The molecule has 0 heterocycles. The molecule has 2 N–H and O–H groups in total. The second-order valence-electron chi connectivity index (χ2n) is 5.76. The van der Waals surface area contributed by atoms with Crippen LogP contribution in [0.15, 0.2) is 0 Å². The summed E-state index contributed by atoms with van der Waals surface area (Å²) in [4.78, 5) is 11.5. The van der Waals surface area contributed by atoms with Gasteiger partial charge in [-0.3, -0.25) is 0 Å². The highest BCUT2D eigenvalue weighted by Gasteiger charge is 2.54. The van der Waals surface area contributed by atoms with Gasteiger partial charge in [-0.25, -0.2) is 4.79 Å². The van der Waals surface area contributed by atoms with Gasteiger partial charge in [0, 0.05) is 6.04 Å². The largest absolute Gasteiger partial charge is 0.447 e. The van der Waals surface area contributed by atoms with Gasteiger partial charge in [0.25, 0.3) is 0 Å². The number of carbonyl (C=O) groups excluding carboxylic acids is 1. The predicted octanol–water partition coefficient (Wildman–Crippen LogP) is 1.53. The minimum absolute atomic E-state index is 0.0959. The highest BCUT2D eigenvalue weighted by Crippen LogP contribution is 2.58. The molecule has 3 saturated carbocycles. The fraction of sp³-hybridized carbons (Fsp3) is 0.923. The number of aliphatic hydroxyl groups excluding tert-OH is 1. The van der Waals surface area contributed by atoms with E-state index in [0.717, 1.165) is 24.2 Å². The van der Waals surface area contributed by atoms with Crippen molar-refractivity contribution in [2.75, 3.05) is 13.2 Å². The Kier molecular flexibility index (Phi) is 2.99. The Labute approximate surface area is 102 Å². The molecular formula is C13H21NO3. The van der Waals surface area contributed by atoms with Gasteiger partial charge in [-0.1, -0.05) is 6.42 Å². The fourth-order valence-corrected chi connectivity index (χ4v) is 4.57. The van der Waals surface area contributed by atoms with Crippen LogP contribution in [0.25, 0.3) is 0 Å². The summed E-state index contributed by atoms with van der Waals surface area (Å²) in [5, 5.41) is 11.6. The van der Waals surface area contributed by atoms with Gasteiger partial charge in [-0.05, 0) is 49.4 Å². The maximum absolute atomic E-state index is 11.5. The Bertz CT molecular complexity index is 307. The number of rotatable bonds is 3. The zero-order chi connectivity index (χ0) is 11.8. The summed E-state index contributed by atoms with van der Waals surface area (Å²) in [6.45, 7) is -0.00641. The third kappa shape index (κ3) is 1.92. The molecule has 0 aromatic carbocycles. The standard InChI is InChI=1S/C13H21NO3/c15-4-5-17-13(16)14-12-7-8-6-11(12)10-3-1-2-9(8)10/h8-12,15H,1-7H2,(H,14,16). The monoisotopic (exact) mass is 239 g/mol. The van der Waals surface area contributed by atoms with E-state index in [2.05, 4.69) is 5.32 Å². The van der Waals surface area contributed by atoms with Crippen LogP contribution in [-0.4, -0.2) is 30.5 Å². The van der Waals surface area contributed by atoms with E-state index in [-0.39, 0.29) is 19.3 Å². The fourth-order valence-electron chi connectivity index (χ4n) is 4.57. The quantitative estimate of drug-likeness (QED) is 0.785. The normalized spacial score (nSPS) is 42.5. The molecule has 17 heavy (non-hydrogen) atoms. The molecule has 0 aromatic rings. The van der Waals surface area contributed by atoms with Gasteiger partial charge >= 0.3 is 6.09 Å². The predicted molar refractivity (Wildman–Crippen MR) is 62.4 cm³/mol. The Morgan fingerprint density at radius 1 is 1.24 bits per heavy atom. The van der Waals surface area contributed by atoms with E-state index in [1.807, 2.05) is 0 Å². The molecule has 0 aromatic heterocycles. The molecule has 4 heteroatoms. The molecule has 96 valence electrons. The van der Waals surface area contributed by atoms with E-state index in [0.29, 0.717) is 12.0 Å². The number of fused-ring (bicyclic) bond motifs is 5. The summed E-state index contributed by atoms with van der Waals surface area (Å²) >= 11 is 0. The highest BCUT2D eigenvalue weighted by molar-refractivity contribution is 5.67. The summed E-state index contributed by atoms with van der Waals surface area (Å²) in [7, 11) is 0. The van der Waals surface area contributed by atoms with Gasteiger partial charge < -0.3 is 15.2 Å². The maximum Gasteiger partial charge on any atom is 0.407 e. The zero-order valence-electron chi connectivity index (χ0n) is 10.1. The van der Waals surface area contributed by atoms with Gasteiger partial charge in [-0.15, -0.1) is 0 Å².